The fourth-order valence-corrected chi connectivity index (χ4v) is 7.48. The van der Waals surface area contributed by atoms with E-state index in [-0.39, 0.29) is 5.41 Å². The summed E-state index contributed by atoms with van der Waals surface area (Å²) in [5, 5.41) is 4.93. The first kappa shape index (κ1) is 22.6. The third kappa shape index (κ3) is 2.85. The number of hydrogen-bond acceptors (Lipinski definition) is 1. The van der Waals surface area contributed by atoms with E-state index in [0.29, 0.717) is 0 Å². The Morgan fingerprint density at radius 1 is 0.537 bits per heavy atom. The van der Waals surface area contributed by atoms with Crippen molar-refractivity contribution in [2.24, 2.45) is 0 Å². The summed E-state index contributed by atoms with van der Waals surface area (Å²) in [6.45, 7) is 4.76. The van der Waals surface area contributed by atoms with Crippen LogP contribution in [0.1, 0.15) is 25.0 Å². The lowest BCUT2D eigenvalue weighted by Crippen LogP contribution is -2.16. The quantitative estimate of drug-likeness (QED) is 0.220. The van der Waals surface area contributed by atoms with Crippen molar-refractivity contribution in [3.63, 3.8) is 0 Å². The molecule has 0 fully saturated rings. The number of rotatable bonds is 2. The average Bonchev–Trinajstić information content (AvgIpc) is 3.62. The predicted octanol–water partition coefficient (Wildman–Crippen LogP) is 9.58. The Morgan fingerprint density at radius 3 is 2.17 bits per heavy atom. The van der Waals surface area contributed by atoms with Gasteiger partial charge in [-0.05, 0) is 52.6 Å². The maximum atomic E-state index is 4.53. The Kier molecular flexibility index (Phi) is 4.39. The lowest BCUT2D eigenvalue weighted by Gasteiger charge is -2.24. The molecule has 0 spiro atoms. The monoisotopic (exact) mass is 525 g/mol. The third-order valence-corrected chi connectivity index (χ3v) is 9.18. The third-order valence-electron chi connectivity index (χ3n) is 9.18. The van der Waals surface area contributed by atoms with Crippen LogP contribution in [0.2, 0.25) is 0 Å². The Hall–Kier alpha value is -5.15. The number of pyridine rings is 1. The number of para-hydroxylation sites is 3. The minimum atomic E-state index is -0.137. The van der Waals surface area contributed by atoms with Gasteiger partial charge in [-0.2, -0.15) is 0 Å². The topological polar surface area (TPSA) is 22.8 Å². The number of benzene rings is 5. The number of hydrogen-bond donors (Lipinski definition) is 0. The molecule has 0 saturated carbocycles. The predicted molar refractivity (Wildman–Crippen MR) is 170 cm³/mol. The van der Waals surface area contributed by atoms with E-state index in [2.05, 4.69) is 143 Å². The highest BCUT2D eigenvalue weighted by Crippen LogP contribution is 2.53. The largest absolute Gasteiger partial charge is 0.307 e. The zero-order chi connectivity index (χ0) is 27.3. The molecular formula is C38H27N3. The van der Waals surface area contributed by atoms with Gasteiger partial charge in [-0.15, -0.1) is 0 Å². The maximum absolute atomic E-state index is 4.53. The van der Waals surface area contributed by atoms with Gasteiger partial charge in [0.1, 0.15) is 0 Å². The van der Waals surface area contributed by atoms with Gasteiger partial charge in [-0.25, -0.2) is 0 Å². The van der Waals surface area contributed by atoms with E-state index in [4.69, 9.17) is 0 Å². The molecule has 0 aliphatic heterocycles. The lowest BCUT2D eigenvalue weighted by atomic mass is 9.81. The highest BCUT2D eigenvalue weighted by Gasteiger charge is 2.38. The molecule has 3 heterocycles. The summed E-state index contributed by atoms with van der Waals surface area (Å²) in [6, 6.07) is 42.0. The van der Waals surface area contributed by atoms with Gasteiger partial charge < -0.3 is 9.13 Å². The van der Waals surface area contributed by atoms with Gasteiger partial charge in [0.2, 0.25) is 0 Å². The minimum Gasteiger partial charge on any atom is -0.307 e. The zero-order valence-corrected chi connectivity index (χ0v) is 23.0. The van der Waals surface area contributed by atoms with Gasteiger partial charge in [-0.3, -0.25) is 4.98 Å². The van der Waals surface area contributed by atoms with Crippen LogP contribution in [0.3, 0.4) is 0 Å². The van der Waals surface area contributed by atoms with E-state index in [1.807, 2.05) is 12.4 Å². The molecule has 3 heteroatoms. The molecule has 0 atom stereocenters. The second-order valence-electron chi connectivity index (χ2n) is 11.6. The van der Waals surface area contributed by atoms with Gasteiger partial charge in [-0.1, -0.05) is 98.8 Å². The summed E-state index contributed by atoms with van der Waals surface area (Å²) in [4.78, 5) is 4.53. The molecule has 3 nitrogen and oxygen atoms in total. The van der Waals surface area contributed by atoms with E-state index >= 15 is 0 Å². The van der Waals surface area contributed by atoms with Crippen molar-refractivity contribution in [1.29, 1.82) is 0 Å². The van der Waals surface area contributed by atoms with Crippen LogP contribution in [0.4, 0.5) is 0 Å². The molecule has 1 aliphatic carbocycles. The molecule has 3 aromatic heterocycles. The molecule has 194 valence electrons. The van der Waals surface area contributed by atoms with Gasteiger partial charge in [0.15, 0.2) is 0 Å². The summed E-state index contributed by atoms with van der Waals surface area (Å²) >= 11 is 0. The highest BCUT2D eigenvalue weighted by atomic mass is 15.1. The van der Waals surface area contributed by atoms with E-state index < -0.39 is 0 Å². The Balaban J connectivity index is 1.52. The van der Waals surface area contributed by atoms with E-state index in [1.54, 1.807) is 0 Å². The molecule has 0 bridgehead atoms. The van der Waals surface area contributed by atoms with Crippen molar-refractivity contribution in [3.05, 3.63) is 139 Å². The van der Waals surface area contributed by atoms with E-state index in [1.165, 1.54) is 60.6 Å². The van der Waals surface area contributed by atoms with Crippen molar-refractivity contribution in [3.8, 4) is 22.5 Å². The van der Waals surface area contributed by atoms with Crippen LogP contribution < -0.4 is 0 Å². The normalized spacial score (nSPS) is 13.8. The Bertz CT molecular complexity index is 2330. The SMILES string of the molecule is CC1(C)c2ccccc2-c2ccc3c4ccccc4n(-c4cccc5c6cnccc6n(-c6ccccc6)c45)c3c21. The van der Waals surface area contributed by atoms with E-state index in [9.17, 15) is 0 Å². The average molecular weight is 526 g/mol. The van der Waals surface area contributed by atoms with Gasteiger partial charge >= 0.3 is 0 Å². The highest BCUT2D eigenvalue weighted by molar-refractivity contribution is 6.16. The van der Waals surface area contributed by atoms with Crippen LogP contribution in [-0.2, 0) is 5.41 Å². The van der Waals surface area contributed by atoms with Gasteiger partial charge in [0.05, 0.1) is 27.8 Å². The Morgan fingerprint density at radius 2 is 1.27 bits per heavy atom. The first-order chi connectivity index (χ1) is 20.1. The van der Waals surface area contributed by atoms with Crippen molar-refractivity contribution < 1.29 is 0 Å². The van der Waals surface area contributed by atoms with E-state index in [0.717, 1.165) is 16.6 Å². The van der Waals surface area contributed by atoms with Crippen molar-refractivity contribution in [2.45, 2.75) is 19.3 Å². The number of fused-ring (bicyclic) bond motifs is 10. The molecule has 0 unspecified atom stereocenters. The molecule has 1 aliphatic rings. The van der Waals surface area contributed by atoms with Gasteiger partial charge in [0.25, 0.3) is 0 Å². The molecule has 41 heavy (non-hydrogen) atoms. The first-order valence-electron chi connectivity index (χ1n) is 14.2. The summed E-state index contributed by atoms with van der Waals surface area (Å²) in [5.41, 5.74) is 12.5. The fourth-order valence-electron chi connectivity index (χ4n) is 7.48. The van der Waals surface area contributed by atoms with Crippen LogP contribution in [0, 0.1) is 0 Å². The summed E-state index contributed by atoms with van der Waals surface area (Å²) < 4.78 is 4.94. The number of nitrogens with zero attached hydrogens (tertiary/aromatic N) is 3. The molecule has 9 rings (SSSR count). The second kappa shape index (κ2) is 7.96. The summed E-state index contributed by atoms with van der Waals surface area (Å²) in [7, 11) is 0. The fraction of sp³-hybridized carbons (Fsp3) is 0.0789. The second-order valence-corrected chi connectivity index (χ2v) is 11.6. The first-order valence-corrected chi connectivity index (χ1v) is 14.2. The molecule has 0 saturated heterocycles. The van der Waals surface area contributed by atoms with Crippen LogP contribution in [0.5, 0.6) is 0 Å². The molecular weight excluding hydrogens is 498 g/mol. The summed E-state index contributed by atoms with van der Waals surface area (Å²) in [6.07, 6.45) is 3.90. The van der Waals surface area contributed by atoms with Gasteiger partial charge in [0, 0.05) is 45.0 Å². The van der Waals surface area contributed by atoms with Crippen molar-refractivity contribution in [2.75, 3.05) is 0 Å². The standard InChI is InChI=1S/C38H27N3/c1-38(2)31-16-8-6-13-25(31)27-19-20-29-26-14-7-9-17-32(26)41(37(29)35(27)38)34-18-10-15-28-30-23-39-22-21-33(30)40(36(28)34)24-11-4-3-5-12-24/h3-23H,1-2H3. The molecule has 0 radical (unpaired) electrons. The summed E-state index contributed by atoms with van der Waals surface area (Å²) in [5.74, 6) is 0. The van der Waals surface area contributed by atoms with Crippen LogP contribution in [0.25, 0.3) is 66.1 Å². The molecule has 0 N–H and O–H groups in total. The molecule has 5 aromatic carbocycles. The Labute approximate surface area is 237 Å². The van der Waals surface area contributed by atoms with Crippen LogP contribution in [-0.4, -0.2) is 14.1 Å². The molecule has 8 aromatic rings. The van der Waals surface area contributed by atoms with Crippen LogP contribution in [0.15, 0.2) is 128 Å². The lowest BCUT2D eigenvalue weighted by molar-refractivity contribution is 0.664. The van der Waals surface area contributed by atoms with Crippen molar-refractivity contribution >= 4 is 43.6 Å². The maximum Gasteiger partial charge on any atom is 0.0783 e. The molecule has 0 amide bonds. The van der Waals surface area contributed by atoms with Crippen molar-refractivity contribution in [1.82, 2.24) is 14.1 Å². The zero-order valence-electron chi connectivity index (χ0n) is 23.0. The van der Waals surface area contributed by atoms with Crippen LogP contribution >= 0.6 is 0 Å². The minimum absolute atomic E-state index is 0.137. The smallest absolute Gasteiger partial charge is 0.0783 e. The number of aromatic nitrogens is 3.